The number of aryl methyl sites for hydroxylation is 1. The van der Waals surface area contributed by atoms with Gasteiger partial charge in [-0.25, -0.2) is 0 Å². The Hall–Kier alpha value is -1.24. The van der Waals surface area contributed by atoms with Gasteiger partial charge in [0, 0.05) is 0 Å². The van der Waals surface area contributed by atoms with Gasteiger partial charge in [-0.1, -0.05) is 31.5 Å². The quantitative estimate of drug-likeness (QED) is 0.650. The predicted molar refractivity (Wildman–Crippen MR) is 60.5 cm³/mol. The number of hydrogen-bond donors (Lipinski definition) is 0. The molecular formula is C13H18O. The summed E-state index contributed by atoms with van der Waals surface area (Å²) in [5.41, 5.74) is 1.18. The van der Waals surface area contributed by atoms with Gasteiger partial charge in [0.1, 0.15) is 5.75 Å². The Labute approximate surface area is 86.4 Å². The minimum Gasteiger partial charge on any atom is -0.462 e. The maximum atomic E-state index is 5.71. The third-order valence-corrected chi connectivity index (χ3v) is 2.09. The summed E-state index contributed by atoms with van der Waals surface area (Å²) in [6.07, 6.45) is 4.37. The smallest absolute Gasteiger partial charge is 0.129 e. The molecular weight excluding hydrogens is 172 g/mol. The standard InChI is InChI=1S/C13H18O/c1-4-5-9-12(3)14-13-10-7-6-8-11(13)2/h6-10H,4-5H2,1-3H3/b12-9+. The maximum absolute atomic E-state index is 5.71. The Morgan fingerprint density at radius 2 is 2.07 bits per heavy atom. The molecule has 0 aliphatic carbocycles. The first-order valence-electron chi connectivity index (χ1n) is 5.14. The van der Waals surface area contributed by atoms with Crippen LogP contribution in [0.4, 0.5) is 0 Å². The van der Waals surface area contributed by atoms with Crippen LogP contribution in [0.5, 0.6) is 5.75 Å². The van der Waals surface area contributed by atoms with Crippen molar-refractivity contribution in [3.05, 3.63) is 41.7 Å². The van der Waals surface area contributed by atoms with Crippen molar-refractivity contribution in [1.82, 2.24) is 0 Å². The molecule has 1 nitrogen and oxygen atoms in total. The second-order valence-electron chi connectivity index (χ2n) is 3.47. The largest absolute Gasteiger partial charge is 0.462 e. The highest BCUT2D eigenvalue weighted by Crippen LogP contribution is 2.18. The monoisotopic (exact) mass is 190 g/mol. The molecule has 14 heavy (non-hydrogen) atoms. The summed E-state index contributed by atoms with van der Waals surface area (Å²) < 4.78 is 5.71. The highest BCUT2D eigenvalue weighted by Gasteiger charge is 1.97. The molecule has 0 aliphatic heterocycles. The van der Waals surface area contributed by atoms with Crippen LogP contribution in [0.15, 0.2) is 36.1 Å². The molecule has 0 spiro atoms. The molecule has 0 radical (unpaired) electrons. The Kier molecular flexibility index (Phi) is 4.24. The fourth-order valence-electron chi connectivity index (χ4n) is 1.23. The first-order chi connectivity index (χ1) is 6.74. The topological polar surface area (TPSA) is 9.23 Å². The van der Waals surface area contributed by atoms with Crippen LogP contribution in [0.25, 0.3) is 0 Å². The van der Waals surface area contributed by atoms with Gasteiger partial charge in [-0.05, 0) is 38.0 Å². The Balaban J connectivity index is 2.64. The van der Waals surface area contributed by atoms with Crippen molar-refractivity contribution in [2.24, 2.45) is 0 Å². The summed E-state index contributed by atoms with van der Waals surface area (Å²) in [5.74, 6) is 1.94. The summed E-state index contributed by atoms with van der Waals surface area (Å²) in [6.45, 7) is 6.22. The third-order valence-electron chi connectivity index (χ3n) is 2.09. The zero-order valence-electron chi connectivity index (χ0n) is 9.21. The zero-order chi connectivity index (χ0) is 10.4. The first kappa shape index (κ1) is 10.8. The SMILES string of the molecule is CCC/C=C(\C)Oc1ccccc1C. The predicted octanol–water partition coefficient (Wildman–Crippen LogP) is 4.08. The van der Waals surface area contributed by atoms with Gasteiger partial charge in [-0.3, -0.25) is 0 Å². The molecule has 0 saturated carbocycles. The number of hydrogen-bond acceptors (Lipinski definition) is 1. The average Bonchev–Trinajstić information content (AvgIpc) is 2.18. The van der Waals surface area contributed by atoms with Crippen LogP contribution in [0, 0.1) is 6.92 Å². The van der Waals surface area contributed by atoms with Gasteiger partial charge >= 0.3 is 0 Å². The molecule has 1 rings (SSSR count). The lowest BCUT2D eigenvalue weighted by Crippen LogP contribution is -1.92. The zero-order valence-corrected chi connectivity index (χ0v) is 9.21. The van der Waals surface area contributed by atoms with Crippen LogP contribution in [0.3, 0.4) is 0 Å². The Bertz CT molecular complexity index is 313. The van der Waals surface area contributed by atoms with E-state index in [4.69, 9.17) is 4.74 Å². The molecule has 1 aromatic rings. The van der Waals surface area contributed by atoms with Crippen LogP contribution < -0.4 is 4.74 Å². The van der Waals surface area contributed by atoms with Crippen LogP contribution in [0.1, 0.15) is 32.3 Å². The molecule has 0 fully saturated rings. The highest BCUT2D eigenvalue weighted by atomic mass is 16.5. The molecule has 0 saturated heterocycles. The van der Waals surface area contributed by atoms with Gasteiger partial charge in [0.15, 0.2) is 0 Å². The maximum Gasteiger partial charge on any atom is 0.129 e. The minimum atomic E-state index is 0.956. The van der Waals surface area contributed by atoms with E-state index in [-0.39, 0.29) is 0 Å². The molecule has 0 N–H and O–H groups in total. The molecule has 76 valence electrons. The number of allylic oxidation sites excluding steroid dienone is 2. The number of unbranched alkanes of at least 4 members (excludes halogenated alkanes) is 1. The van der Waals surface area contributed by atoms with Crippen molar-refractivity contribution in [2.75, 3.05) is 0 Å². The fourth-order valence-corrected chi connectivity index (χ4v) is 1.23. The molecule has 0 aromatic heterocycles. The van der Waals surface area contributed by atoms with E-state index < -0.39 is 0 Å². The van der Waals surface area contributed by atoms with E-state index in [0.717, 1.165) is 24.4 Å². The second-order valence-corrected chi connectivity index (χ2v) is 3.47. The summed E-state index contributed by atoms with van der Waals surface area (Å²) in [6, 6.07) is 8.07. The average molecular weight is 190 g/mol. The molecule has 0 aliphatic rings. The first-order valence-corrected chi connectivity index (χ1v) is 5.14. The van der Waals surface area contributed by atoms with E-state index in [1.54, 1.807) is 0 Å². The van der Waals surface area contributed by atoms with E-state index in [2.05, 4.69) is 26.0 Å². The summed E-state index contributed by atoms with van der Waals surface area (Å²) >= 11 is 0. The van der Waals surface area contributed by atoms with Crippen molar-refractivity contribution in [3.63, 3.8) is 0 Å². The normalized spacial score (nSPS) is 11.5. The molecule has 0 bridgehead atoms. The fraction of sp³-hybridized carbons (Fsp3) is 0.385. The van der Waals surface area contributed by atoms with Crippen LogP contribution in [-0.4, -0.2) is 0 Å². The molecule has 0 heterocycles. The number of rotatable bonds is 4. The van der Waals surface area contributed by atoms with Gasteiger partial charge in [0.25, 0.3) is 0 Å². The Morgan fingerprint density at radius 1 is 1.36 bits per heavy atom. The van der Waals surface area contributed by atoms with E-state index in [9.17, 15) is 0 Å². The Morgan fingerprint density at radius 3 is 2.71 bits per heavy atom. The van der Waals surface area contributed by atoms with Crippen molar-refractivity contribution in [2.45, 2.75) is 33.6 Å². The lowest BCUT2D eigenvalue weighted by atomic mass is 10.2. The summed E-state index contributed by atoms with van der Waals surface area (Å²) in [7, 11) is 0. The molecule has 1 heteroatoms. The molecule has 0 unspecified atom stereocenters. The van der Waals surface area contributed by atoms with Crippen LogP contribution in [-0.2, 0) is 0 Å². The highest BCUT2D eigenvalue weighted by molar-refractivity contribution is 5.33. The summed E-state index contributed by atoms with van der Waals surface area (Å²) in [4.78, 5) is 0. The van der Waals surface area contributed by atoms with E-state index >= 15 is 0 Å². The number of benzene rings is 1. The van der Waals surface area contributed by atoms with E-state index in [0.29, 0.717) is 0 Å². The number of para-hydroxylation sites is 1. The minimum absolute atomic E-state index is 0.956. The van der Waals surface area contributed by atoms with Crippen LogP contribution in [0.2, 0.25) is 0 Å². The van der Waals surface area contributed by atoms with Gasteiger partial charge in [0.2, 0.25) is 0 Å². The molecule has 0 atom stereocenters. The molecule has 1 aromatic carbocycles. The van der Waals surface area contributed by atoms with Gasteiger partial charge in [0.05, 0.1) is 5.76 Å². The van der Waals surface area contributed by atoms with Gasteiger partial charge in [-0.2, -0.15) is 0 Å². The third kappa shape index (κ3) is 3.25. The van der Waals surface area contributed by atoms with E-state index in [1.165, 1.54) is 5.56 Å². The summed E-state index contributed by atoms with van der Waals surface area (Å²) in [5, 5.41) is 0. The lowest BCUT2D eigenvalue weighted by Gasteiger charge is -2.08. The van der Waals surface area contributed by atoms with Crippen LogP contribution >= 0.6 is 0 Å². The van der Waals surface area contributed by atoms with Crippen molar-refractivity contribution < 1.29 is 4.74 Å². The molecule has 0 amide bonds. The van der Waals surface area contributed by atoms with Crippen molar-refractivity contribution >= 4 is 0 Å². The van der Waals surface area contributed by atoms with Gasteiger partial charge in [-0.15, -0.1) is 0 Å². The van der Waals surface area contributed by atoms with Crippen molar-refractivity contribution in [3.8, 4) is 5.75 Å². The van der Waals surface area contributed by atoms with E-state index in [1.807, 2.05) is 25.1 Å². The second kappa shape index (κ2) is 5.48. The number of ether oxygens (including phenoxy) is 1. The lowest BCUT2D eigenvalue weighted by molar-refractivity contribution is 0.421. The van der Waals surface area contributed by atoms with Crippen molar-refractivity contribution in [1.29, 1.82) is 0 Å². The van der Waals surface area contributed by atoms with Gasteiger partial charge < -0.3 is 4.74 Å².